The van der Waals surface area contributed by atoms with Crippen LogP contribution in [-0.2, 0) is 13.0 Å². The maximum Gasteiger partial charge on any atom is 0.125 e. The first kappa shape index (κ1) is 13.2. The third-order valence-corrected chi connectivity index (χ3v) is 3.41. The molecule has 3 nitrogen and oxygen atoms in total. The van der Waals surface area contributed by atoms with Gasteiger partial charge in [-0.25, -0.2) is 9.37 Å². The summed E-state index contributed by atoms with van der Waals surface area (Å²) in [6, 6.07) is 8.49. The molecular formula is C15H14ClFN2O. The van der Waals surface area contributed by atoms with Gasteiger partial charge in [0.2, 0.25) is 0 Å². The van der Waals surface area contributed by atoms with Gasteiger partial charge in [0.05, 0.1) is 17.6 Å². The van der Waals surface area contributed by atoms with E-state index in [4.69, 9.17) is 16.0 Å². The van der Waals surface area contributed by atoms with Crippen molar-refractivity contribution in [1.29, 1.82) is 0 Å². The lowest BCUT2D eigenvalue weighted by Gasteiger charge is -2.06. The predicted octanol–water partition coefficient (Wildman–Crippen LogP) is 3.91. The minimum Gasteiger partial charge on any atom is -0.464 e. The molecule has 3 aromatic rings. The van der Waals surface area contributed by atoms with Crippen LogP contribution >= 0.6 is 11.6 Å². The van der Waals surface area contributed by atoms with Gasteiger partial charge in [0.25, 0.3) is 0 Å². The zero-order valence-corrected chi connectivity index (χ0v) is 11.8. The van der Waals surface area contributed by atoms with Crippen LogP contribution in [-0.4, -0.2) is 15.4 Å². The molecule has 0 bridgehead atoms. The van der Waals surface area contributed by atoms with Crippen LogP contribution in [0.1, 0.15) is 17.3 Å². The standard InChI is InChI=1S/C15H14ClFN2O/c1-10-2-4-12(20-10)9-19-14-5-3-11(17)8-13(14)18-15(19)6-7-16/h2-5,8H,6-7,9H2,1H3. The number of aromatic nitrogens is 2. The molecule has 0 aliphatic heterocycles. The second-order valence-electron chi connectivity index (χ2n) is 4.70. The SMILES string of the molecule is Cc1ccc(Cn2c(CCCl)nc3cc(F)ccc32)o1. The summed E-state index contributed by atoms with van der Waals surface area (Å²) < 4.78 is 20.9. The van der Waals surface area contributed by atoms with Crippen LogP contribution < -0.4 is 0 Å². The number of benzene rings is 1. The van der Waals surface area contributed by atoms with E-state index in [1.54, 1.807) is 6.07 Å². The maximum atomic E-state index is 13.3. The minimum atomic E-state index is -0.284. The molecule has 0 saturated carbocycles. The molecule has 5 heteroatoms. The molecule has 3 rings (SSSR count). The van der Waals surface area contributed by atoms with E-state index >= 15 is 0 Å². The number of rotatable bonds is 4. The molecular weight excluding hydrogens is 279 g/mol. The lowest BCUT2D eigenvalue weighted by atomic mass is 10.3. The average molecular weight is 293 g/mol. The molecule has 20 heavy (non-hydrogen) atoms. The topological polar surface area (TPSA) is 31.0 Å². The van der Waals surface area contributed by atoms with E-state index < -0.39 is 0 Å². The van der Waals surface area contributed by atoms with Crippen molar-refractivity contribution in [1.82, 2.24) is 9.55 Å². The number of hydrogen-bond acceptors (Lipinski definition) is 2. The Morgan fingerprint density at radius 1 is 1.30 bits per heavy atom. The summed E-state index contributed by atoms with van der Waals surface area (Å²) in [4.78, 5) is 4.46. The molecule has 2 heterocycles. The number of furan rings is 1. The van der Waals surface area contributed by atoms with Crippen molar-refractivity contribution in [2.45, 2.75) is 19.9 Å². The number of halogens is 2. The van der Waals surface area contributed by atoms with Gasteiger partial charge in [0.15, 0.2) is 0 Å². The van der Waals surface area contributed by atoms with Gasteiger partial charge in [-0.1, -0.05) is 0 Å². The molecule has 0 atom stereocenters. The Balaban J connectivity index is 2.08. The minimum absolute atomic E-state index is 0.284. The van der Waals surface area contributed by atoms with Crippen LogP contribution in [0.25, 0.3) is 11.0 Å². The first-order valence-corrected chi connectivity index (χ1v) is 6.97. The molecule has 0 radical (unpaired) electrons. The summed E-state index contributed by atoms with van der Waals surface area (Å²) in [6.07, 6.45) is 0.636. The summed E-state index contributed by atoms with van der Waals surface area (Å²) in [5.74, 6) is 2.75. The van der Waals surface area contributed by atoms with Crippen molar-refractivity contribution in [2.24, 2.45) is 0 Å². The van der Waals surface area contributed by atoms with E-state index in [0.717, 1.165) is 22.9 Å². The molecule has 0 N–H and O–H groups in total. The third kappa shape index (κ3) is 2.43. The van der Waals surface area contributed by atoms with E-state index in [1.807, 2.05) is 23.6 Å². The molecule has 0 aliphatic carbocycles. The van der Waals surface area contributed by atoms with Crippen molar-refractivity contribution in [3.63, 3.8) is 0 Å². The highest BCUT2D eigenvalue weighted by atomic mass is 35.5. The highest BCUT2D eigenvalue weighted by Gasteiger charge is 2.12. The van der Waals surface area contributed by atoms with Gasteiger partial charge in [-0.2, -0.15) is 0 Å². The number of hydrogen-bond donors (Lipinski definition) is 0. The van der Waals surface area contributed by atoms with Crippen LogP contribution in [0.15, 0.2) is 34.7 Å². The number of alkyl halides is 1. The maximum absolute atomic E-state index is 13.3. The number of imidazole rings is 1. The monoisotopic (exact) mass is 292 g/mol. The Hall–Kier alpha value is -1.81. The Kier molecular flexibility index (Phi) is 3.49. The molecule has 0 saturated heterocycles. The van der Waals surface area contributed by atoms with E-state index in [9.17, 15) is 4.39 Å². The van der Waals surface area contributed by atoms with Gasteiger partial charge in [-0.05, 0) is 31.2 Å². The van der Waals surface area contributed by atoms with Crippen LogP contribution in [0.3, 0.4) is 0 Å². The van der Waals surface area contributed by atoms with Gasteiger partial charge in [0.1, 0.15) is 23.2 Å². The fourth-order valence-electron chi connectivity index (χ4n) is 2.33. The number of aryl methyl sites for hydroxylation is 2. The highest BCUT2D eigenvalue weighted by Crippen LogP contribution is 2.20. The quantitative estimate of drug-likeness (QED) is 0.683. The molecule has 0 amide bonds. The largest absolute Gasteiger partial charge is 0.464 e. The molecule has 0 spiro atoms. The first-order valence-electron chi connectivity index (χ1n) is 6.43. The van der Waals surface area contributed by atoms with Crippen molar-refractivity contribution >= 4 is 22.6 Å². The second kappa shape index (κ2) is 5.29. The Labute approximate surface area is 121 Å². The summed E-state index contributed by atoms with van der Waals surface area (Å²) in [6.45, 7) is 2.48. The fraction of sp³-hybridized carbons (Fsp3) is 0.267. The summed E-state index contributed by atoms with van der Waals surface area (Å²) in [5, 5.41) is 0. The summed E-state index contributed by atoms with van der Waals surface area (Å²) in [5.41, 5.74) is 1.54. The number of fused-ring (bicyclic) bond motifs is 1. The van der Waals surface area contributed by atoms with Crippen molar-refractivity contribution in [2.75, 3.05) is 5.88 Å². The summed E-state index contributed by atoms with van der Waals surface area (Å²) >= 11 is 5.82. The van der Waals surface area contributed by atoms with Gasteiger partial charge in [-0.3, -0.25) is 0 Å². The lowest BCUT2D eigenvalue weighted by Crippen LogP contribution is -2.05. The zero-order chi connectivity index (χ0) is 14.1. The lowest BCUT2D eigenvalue weighted by molar-refractivity contribution is 0.469. The molecule has 0 aliphatic rings. The van der Waals surface area contributed by atoms with Gasteiger partial charge >= 0.3 is 0 Å². The van der Waals surface area contributed by atoms with E-state index in [0.29, 0.717) is 24.4 Å². The molecule has 0 unspecified atom stereocenters. The normalized spacial score (nSPS) is 11.3. The van der Waals surface area contributed by atoms with Crippen LogP contribution in [0.2, 0.25) is 0 Å². The first-order chi connectivity index (χ1) is 9.67. The predicted molar refractivity (Wildman–Crippen MR) is 76.7 cm³/mol. The highest BCUT2D eigenvalue weighted by molar-refractivity contribution is 6.17. The molecule has 0 fully saturated rings. The Morgan fingerprint density at radius 3 is 2.85 bits per heavy atom. The molecule has 104 valence electrons. The van der Waals surface area contributed by atoms with Gasteiger partial charge < -0.3 is 8.98 Å². The van der Waals surface area contributed by atoms with Crippen LogP contribution in [0.5, 0.6) is 0 Å². The van der Waals surface area contributed by atoms with Gasteiger partial charge in [0, 0.05) is 18.4 Å². The number of nitrogens with zero attached hydrogens (tertiary/aromatic N) is 2. The fourth-order valence-corrected chi connectivity index (χ4v) is 2.50. The van der Waals surface area contributed by atoms with E-state index in [-0.39, 0.29) is 5.82 Å². The average Bonchev–Trinajstić information content (AvgIpc) is 2.95. The Morgan fingerprint density at radius 2 is 2.15 bits per heavy atom. The van der Waals surface area contributed by atoms with E-state index in [2.05, 4.69) is 4.98 Å². The van der Waals surface area contributed by atoms with Crippen LogP contribution in [0, 0.1) is 12.7 Å². The van der Waals surface area contributed by atoms with Crippen LogP contribution in [0.4, 0.5) is 4.39 Å². The zero-order valence-electron chi connectivity index (χ0n) is 11.1. The molecule has 2 aromatic heterocycles. The molecule has 1 aromatic carbocycles. The van der Waals surface area contributed by atoms with Crippen molar-refractivity contribution < 1.29 is 8.81 Å². The van der Waals surface area contributed by atoms with E-state index in [1.165, 1.54) is 12.1 Å². The second-order valence-corrected chi connectivity index (χ2v) is 5.08. The third-order valence-electron chi connectivity index (χ3n) is 3.22. The van der Waals surface area contributed by atoms with Gasteiger partial charge in [-0.15, -0.1) is 11.6 Å². The van der Waals surface area contributed by atoms with Crippen molar-refractivity contribution in [3.05, 3.63) is 53.5 Å². The van der Waals surface area contributed by atoms with Crippen molar-refractivity contribution in [3.8, 4) is 0 Å². The summed E-state index contributed by atoms with van der Waals surface area (Å²) in [7, 11) is 0. The Bertz CT molecular complexity index is 747. The smallest absolute Gasteiger partial charge is 0.125 e.